The van der Waals surface area contributed by atoms with Gasteiger partial charge in [0.2, 0.25) is 0 Å². The summed E-state index contributed by atoms with van der Waals surface area (Å²) < 4.78 is 13.8. The SMILES string of the molecule is O=C(O)CC(NC(=O)c1ccc(N2CCN(C(=O)c3cccnc3)CC2)c(NC(=O)c2cccc(F)c2)c1)c1cccs1. The molecule has 1 fully saturated rings. The summed E-state index contributed by atoms with van der Waals surface area (Å²) in [4.78, 5) is 59.2. The molecule has 1 unspecified atom stereocenters. The average Bonchev–Trinajstić information content (AvgIpc) is 3.56. The lowest BCUT2D eigenvalue weighted by atomic mass is 10.1. The number of pyridine rings is 1. The number of aliphatic carboxylic acids is 1. The van der Waals surface area contributed by atoms with Gasteiger partial charge in [-0.25, -0.2) is 4.39 Å². The normalized spacial score (nSPS) is 13.7. The zero-order chi connectivity index (χ0) is 30.3. The Kier molecular flexibility index (Phi) is 9.06. The standard InChI is InChI=1S/C31H28FN5O5S/c32-23-6-1-4-20(16-23)29(40)34-24-17-21(30(41)35-25(18-28(38)39)27-7-3-15-43-27)8-9-26(24)36-11-13-37(14-12-36)31(42)22-5-2-10-33-19-22/h1-10,15-17,19,25H,11-14,18H2,(H,34,40)(H,35,41)(H,38,39). The van der Waals surface area contributed by atoms with Gasteiger partial charge < -0.3 is 25.5 Å². The van der Waals surface area contributed by atoms with Crippen LogP contribution >= 0.6 is 11.3 Å². The smallest absolute Gasteiger partial charge is 0.305 e. The molecule has 2 aromatic carbocycles. The summed E-state index contributed by atoms with van der Waals surface area (Å²) in [5, 5.41) is 16.8. The van der Waals surface area contributed by atoms with Gasteiger partial charge in [0.25, 0.3) is 17.7 Å². The quantitative estimate of drug-likeness (QED) is 0.258. The van der Waals surface area contributed by atoms with E-state index in [2.05, 4.69) is 15.6 Å². The van der Waals surface area contributed by atoms with Crippen LogP contribution in [-0.2, 0) is 4.79 Å². The third kappa shape index (κ3) is 7.22. The number of anilines is 2. The van der Waals surface area contributed by atoms with Gasteiger partial charge in [-0.15, -0.1) is 11.3 Å². The number of hydrogen-bond acceptors (Lipinski definition) is 7. The van der Waals surface area contributed by atoms with Crippen molar-refractivity contribution in [1.82, 2.24) is 15.2 Å². The fourth-order valence-corrected chi connectivity index (χ4v) is 5.61. The van der Waals surface area contributed by atoms with Gasteiger partial charge in [0, 0.05) is 54.6 Å². The van der Waals surface area contributed by atoms with Gasteiger partial charge >= 0.3 is 5.97 Å². The first-order valence-corrected chi connectivity index (χ1v) is 14.4. The van der Waals surface area contributed by atoms with Crippen LogP contribution in [0.25, 0.3) is 0 Å². The van der Waals surface area contributed by atoms with Crippen LogP contribution in [0.4, 0.5) is 15.8 Å². The molecule has 0 bridgehead atoms. The molecule has 12 heteroatoms. The van der Waals surface area contributed by atoms with Crippen LogP contribution in [0, 0.1) is 5.82 Å². The van der Waals surface area contributed by atoms with Gasteiger partial charge in [-0.3, -0.25) is 24.2 Å². The number of carboxylic acid groups (broad SMARTS) is 1. The summed E-state index contributed by atoms with van der Waals surface area (Å²) in [6.07, 6.45) is 2.83. The van der Waals surface area contributed by atoms with Crippen molar-refractivity contribution < 1.29 is 28.7 Å². The Morgan fingerprint density at radius 2 is 1.67 bits per heavy atom. The van der Waals surface area contributed by atoms with E-state index in [4.69, 9.17) is 0 Å². The zero-order valence-corrected chi connectivity index (χ0v) is 23.7. The molecule has 2 aromatic heterocycles. The van der Waals surface area contributed by atoms with Gasteiger partial charge in [-0.1, -0.05) is 12.1 Å². The van der Waals surface area contributed by atoms with Crippen molar-refractivity contribution >= 4 is 46.4 Å². The van der Waals surface area contributed by atoms with Gasteiger partial charge in [0.05, 0.1) is 29.4 Å². The van der Waals surface area contributed by atoms with Crippen molar-refractivity contribution in [3.63, 3.8) is 0 Å². The summed E-state index contributed by atoms with van der Waals surface area (Å²) in [6, 6.07) is 16.3. The second-order valence-corrected chi connectivity index (χ2v) is 10.8. The number of halogens is 1. The number of thiophene rings is 1. The van der Waals surface area contributed by atoms with Crippen LogP contribution in [0.15, 0.2) is 84.5 Å². The molecule has 0 radical (unpaired) electrons. The van der Waals surface area contributed by atoms with E-state index in [1.165, 1.54) is 41.8 Å². The molecule has 5 rings (SSSR count). The number of amides is 3. The van der Waals surface area contributed by atoms with Crippen LogP contribution in [-0.4, -0.2) is 64.9 Å². The lowest BCUT2D eigenvalue weighted by Crippen LogP contribution is -2.49. The highest BCUT2D eigenvalue weighted by atomic mass is 32.1. The Labute approximate surface area is 250 Å². The number of piperazine rings is 1. The van der Waals surface area contributed by atoms with Crippen molar-refractivity contribution in [2.24, 2.45) is 0 Å². The number of rotatable bonds is 9. The molecule has 4 aromatic rings. The fourth-order valence-electron chi connectivity index (χ4n) is 4.83. The third-order valence-corrected chi connectivity index (χ3v) is 7.97. The predicted octanol–water partition coefficient (Wildman–Crippen LogP) is 4.44. The topological polar surface area (TPSA) is 132 Å². The Hall–Kier alpha value is -5.10. The maximum Gasteiger partial charge on any atom is 0.305 e. The molecule has 1 aliphatic rings. The lowest BCUT2D eigenvalue weighted by Gasteiger charge is -2.37. The third-order valence-electron chi connectivity index (χ3n) is 6.98. The summed E-state index contributed by atoms with van der Waals surface area (Å²) >= 11 is 1.34. The highest BCUT2D eigenvalue weighted by Gasteiger charge is 2.26. The molecule has 43 heavy (non-hydrogen) atoms. The Morgan fingerprint density at radius 1 is 0.907 bits per heavy atom. The van der Waals surface area contributed by atoms with E-state index in [-0.39, 0.29) is 23.5 Å². The molecular weight excluding hydrogens is 573 g/mol. The monoisotopic (exact) mass is 601 g/mol. The van der Waals surface area contributed by atoms with Gasteiger partial charge in [-0.05, 0) is 60.0 Å². The maximum absolute atomic E-state index is 13.8. The van der Waals surface area contributed by atoms with E-state index in [0.717, 1.165) is 6.07 Å². The van der Waals surface area contributed by atoms with Crippen molar-refractivity contribution in [2.75, 3.05) is 36.4 Å². The Balaban J connectivity index is 1.38. The van der Waals surface area contributed by atoms with Crippen LogP contribution < -0.4 is 15.5 Å². The van der Waals surface area contributed by atoms with Gasteiger partial charge in [-0.2, -0.15) is 0 Å². The molecule has 3 amide bonds. The Bertz CT molecular complexity index is 1620. The maximum atomic E-state index is 13.8. The summed E-state index contributed by atoms with van der Waals surface area (Å²) in [7, 11) is 0. The Morgan fingerprint density at radius 3 is 2.35 bits per heavy atom. The molecule has 1 saturated heterocycles. The molecule has 3 N–H and O–H groups in total. The fraction of sp³-hybridized carbons (Fsp3) is 0.194. The minimum atomic E-state index is -1.06. The number of carbonyl (C=O) groups excluding carboxylic acids is 3. The second kappa shape index (κ2) is 13.3. The van der Waals surface area contributed by atoms with E-state index in [9.17, 15) is 28.7 Å². The molecule has 0 aliphatic carbocycles. The summed E-state index contributed by atoms with van der Waals surface area (Å²) in [5.74, 6) is -2.82. The van der Waals surface area contributed by atoms with Crippen molar-refractivity contribution in [3.8, 4) is 0 Å². The number of nitrogens with zero attached hydrogens (tertiary/aromatic N) is 3. The van der Waals surface area contributed by atoms with Crippen molar-refractivity contribution in [2.45, 2.75) is 12.5 Å². The van der Waals surface area contributed by atoms with Crippen molar-refractivity contribution in [1.29, 1.82) is 0 Å². The highest BCUT2D eigenvalue weighted by molar-refractivity contribution is 7.10. The lowest BCUT2D eigenvalue weighted by molar-refractivity contribution is -0.137. The molecule has 0 spiro atoms. The van der Waals surface area contributed by atoms with Gasteiger partial charge in [0.1, 0.15) is 5.82 Å². The van der Waals surface area contributed by atoms with E-state index < -0.39 is 29.6 Å². The first kappa shape index (κ1) is 29.4. The first-order chi connectivity index (χ1) is 20.8. The average molecular weight is 602 g/mol. The molecule has 1 atom stereocenters. The molecule has 10 nitrogen and oxygen atoms in total. The molecule has 0 saturated carbocycles. The van der Waals surface area contributed by atoms with E-state index in [1.54, 1.807) is 52.9 Å². The predicted molar refractivity (Wildman–Crippen MR) is 160 cm³/mol. The van der Waals surface area contributed by atoms with E-state index in [1.807, 2.05) is 4.90 Å². The number of aromatic nitrogens is 1. The molecule has 1 aliphatic heterocycles. The van der Waals surface area contributed by atoms with Crippen LogP contribution in [0.1, 0.15) is 48.4 Å². The van der Waals surface area contributed by atoms with E-state index in [0.29, 0.717) is 48.0 Å². The number of benzene rings is 2. The number of carbonyl (C=O) groups is 4. The minimum absolute atomic E-state index is 0.104. The number of carboxylic acids is 1. The first-order valence-electron chi connectivity index (χ1n) is 13.5. The highest BCUT2D eigenvalue weighted by Crippen LogP contribution is 2.30. The second-order valence-electron chi connectivity index (χ2n) is 9.86. The largest absolute Gasteiger partial charge is 0.481 e. The van der Waals surface area contributed by atoms with Crippen molar-refractivity contribution in [3.05, 3.63) is 112 Å². The number of nitrogens with one attached hydrogen (secondary N) is 2. The summed E-state index contributed by atoms with van der Waals surface area (Å²) in [6.45, 7) is 1.76. The van der Waals surface area contributed by atoms with Crippen LogP contribution in [0.5, 0.6) is 0 Å². The van der Waals surface area contributed by atoms with Crippen LogP contribution in [0.3, 0.4) is 0 Å². The zero-order valence-electron chi connectivity index (χ0n) is 22.9. The molecule has 220 valence electrons. The van der Waals surface area contributed by atoms with Crippen LogP contribution in [0.2, 0.25) is 0 Å². The summed E-state index contributed by atoms with van der Waals surface area (Å²) in [5.41, 5.74) is 1.75. The molecule has 3 heterocycles. The van der Waals surface area contributed by atoms with Gasteiger partial charge in [0.15, 0.2) is 0 Å². The molecular formula is C31H28FN5O5S. The number of hydrogen-bond donors (Lipinski definition) is 3. The minimum Gasteiger partial charge on any atom is -0.481 e. The van der Waals surface area contributed by atoms with E-state index >= 15 is 0 Å².